The zero-order valence-electron chi connectivity index (χ0n) is 13.4. The fourth-order valence-electron chi connectivity index (χ4n) is 1.53. The highest BCUT2D eigenvalue weighted by atomic mass is 35.5. The average molecular weight is 363 g/mol. The molecule has 23 heavy (non-hydrogen) atoms. The van der Waals surface area contributed by atoms with E-state index in [1.54, 1.807) is 32.0 Å². The molecule has 1 aliphatic heterocycles. The number of hydrogen-bond acceptors (Lipinski definition) is 4. The lowest BCUT2D eigenvalue weighted by Crippen LogP contribution is -2.36. The lowest BCUT2D eigenvalue weighted by atomic mass is 10.1. The Balaban J connectivity index is 0.000000277. The number of alkyl carbamates (subject to hydrolysis) is 1. The number of halogens is 2. The van der Waals surface area contributed by atoms with Gasteiger partial charge in [-0.1, -0.05) is 23.2 Å². The van der Waals surface area contributed by atoms with Crippen LogP contribution in [0.4, 0.5) is 15.3 Å². The van der Waals surface area contributed by atoms with E-state index in [9.17, 15) is 9.59 Å². The topological polar surface area (TPSA) is 76.7 Å². The van der Waals surface area contributed by atoms with Crippen molar-refractivity contribution < 1.29 is 19.1 Å². The molecule has 2 N–H and O–H groups in total. The van der Waals surface area contributed by atoms with E-state index in [0.29, 0.717) is 22.3 Å². The Morgan fingerprint density at radius 1 is 1.35 bits per heavy atom. The van der Waals surface area contributed by atoms with Crippen LogP contribution in [0.15, 0.2) is 18.2 Å². The molecule has 1 fully saturated rings. The number of carbonyl (C=O) groups excluding carboxylic acids is 2. The van der Waals surface area contributed by atoms with Crippen LogP contribution in [-0.4, -0.2) is 30.4 Å². The van der Waals surface area contributed by atoms with E-state index in [-0.39, 0.29) is 17.7 Å². The van der Waals surface area contributed by atoms with Crippen molar-refractivity contribution in [2.24, 2.45) is 0 Å². The van der Waals surface area contributed by atoms with E-state index in [1.807, 2.05) is 13.8 Å². The summed E-state index contributed by atoms with van der Waals surface area (Å²) in [5.41, 5.74) is 0.395. The minimum absolute atomic E-state index is 0.156. The molecule has 6 nitrogen and oxygen atoms in total. The molecule has 1 aromatic rings. The highest BCUT2D eigenvalue weighted by molar-refractivity contribution is 6.42. The number of ether oxygens (including phenoxy) is 2. The van der Waals surface area contributed by atoms with Crippen molar-refractivity contribution in [1.82, 2.24) is 5.32 Å². The van der Waals surface area contributed by atoms with Gasteiger partial charge in [-0.3, -0.25) is 5.32 Å². The van der Waals surface area contributed by atoms with Crippen LogP contribution >= 0.6 is 23.2 Å². The monoisotopic (exact) mass is 362 g/mol. The SMILES string of the molecule is CC(C)OC(=O)Nc1ccc(Cl)c(Cl)c1.CC1(C)COC(=O)N1. The van der Waals surface area contributed by atoms with Crippen LogP contribution in [0.3, 0.4) is 0 Å². The normalized spacial score (nSPS) is 15.2. The summed E-state index contributed by atoms with van der Waals surface area (Å²) in [6.07, 6.45) is -0.980. The molecule has 0 saturated carbocycles. The fraction of sp³-hybridized carbons (Fsp3) is 0.467. The third kappa shape index (κ3) is 7.43. The third-order valence-corrected chi connectivity index (χ3v) is 3.25. The Morgan fingerprint density at radius 3 is 2.39 bits per heavy atom. The van der Waals surface area contributed by atoms with Crippen molar-refractivity contribution in [1.29, 1.82) is 0 Å². The number of anilines is 1. The van der Waals surface area contributed by atoms with Gasteiger partial charge >= 0.3 is 12.2 Å². The molecule has 0 bridgehead atoms. The van der Waals surface area contributed by atoms with Gasteiger partial charge in [0.2, 0.25) is 0 Å². The van der Waals surface area contributed by atoms with Crippen LogP contribution < -0.4 is 10.6 Å². The second-order valence-corrected chi connectivity index (χ2v) is 6.61. The smallest absolute Gasteiger partial charge is 0.411 e. The van der Waals surface area contributed by atoms with Crippen LogP contribution in [-0.2, 0) is 9.47 Å². The van der Waals surface area contributed by atoms with Crippen molar-refractivity contribution in [3.63, 3.8) is 0 Å². The summed E-state index contributed by atoms with van der Waals surface area (Å²) < 4.78 is 9.52. The Hall–Kier alpha value is -1.66. The highest BCUT2D eigenvalue weighted by Crippen LogP contribution is 2.25. The molecular formula is C15H20Cl2N2O4. The summed E-state index contributed by atoms with van der Waals surface area (Å²) in [6, 6.07) is 4.82. The Morgan fingerprint density at radius 2 is 2.00 bits per heavy atom. The Labute approximate surface area is 145 Å². The lowest BCUT2D eigenvalue weighted by molar-refractivity contribution is 0.130. The van der Waals surface area contributed by atoms with Gasteiger partial charge in [-0.15, -0.1) is 0 Å². The summed E-state index contributed by atoms with van der Waals surface area (Å²) in [4.78, 5) is 21.5. The molecule has 2 amide bonds. The molecule has 0 spiro atoms. The Kier molecular flexibility index (Phi) is 6.97. The van der Waals surface area contributed by atoms with Gasteiger partial charge in [0.05, 0.1) is 21.7 Å². The first-order valence-corrected chi connectivity index (χ1v) is 7.72. The zero-order valence-corrected chi connectivity index (χ0v) is 14.9. The van der Waals surface area contributed by atoms with Gasteiger partial charge in [0.25, 0.3) is 0 Å². The molecule has 0 atom stereocenters. The van der Waals surface area contributed by atoms with E-state index >= 15 is 0 Å². The molecule has 128 valence electrons. The summed E-state index contributed by atoms with van der Waals surface area (Å²) in [6.45, 7) is 7.85. The summed E-state index contributed by atoms with van der Waals surface area (Å²) in [5, 5.41) is 6.00. The number of cyclic esters (lactones) is 1. The van der Waals surface area contributed by atoms with Crippen LogP contribution in [0.1, 0.15) is 27.7 Å². The largest absolute Gasteiger partial charge is 0.447 e. The predicted octanol–water partition coefficient (Wildman–Crippen LogP) is 4.46. The molecule has 2 rings (SSSR count). The summed E-state index contributed by atoms with van der Waals surface area (Å²) >= 11 is 11.5. The van der Waals surface area contributed by atoms with Gasteiger partial charge < -0.3 is 14.8 Å². The fourth-order valence-corrected chi connectivity index (χ4v) is 1.83. The van der Waals surface area contributed by atoms with Crippen molar-refractivity contribution in [3.8, 4) is 0 Å². The zero-order chi connectivity index (χ0) is 17.6. The first-order valence-electron chi connectivity index (χ1n) is 6.97. The maximum Gasteiger partial charge on any atom is 0.411 e. The van der Waals surface area contributed by atoms with Crippen molar-refractivity contribution in [2.45, 2.75) is 39.3 Å². The quantitative estimate of drug-likeness (QED) is 0.814. The number of rotatable bonds is 2. The standard InChI is InChI=1S/C10H11Cl2NO2.C5H9NO2/c1-6(2)15-10(14)13-7-3-4-8(11)9(12)5-7;1-5(2)3-8-4(7)6-5/h3-6H,1-2H3,(H,13,14);3H2,1-2H3,(H,6,7). The number of carbonyl (C=O) groups is 2. The second-order valence-electron chi connectivity index (χ2n) is 5.79. The second kappa shape index (κ2) is 8.26. The molecule has 1 aromatic carbocycles. The van der Waals surface area contributed by atoms with E-state index < -0.39 is 6.09 Å². The lowest BCUT2D eigenvalue weighted by Gasteiger charge is -2.11. The molecule has 0 aliphatic carbocycles. The number of amides is 2. The van der Waals surface area contributed by atoms with E-state index in [2.05, 4.69) is 15.4 Å². The molecule has 0 radical (unpaired) electrons. The first kappa shape index (κ1) is 19.4. The minimum atomic E-state index is -0.511. The predicted molar refractivity (Wildman–Crippen MR) is 90.3 cm³/mol. The van der Waals surface area contributed by atoms with Crippen LogP contribution in [0.2, 0.25) is 10.0 Å². The molecule has 1 heterocycles. The molecule has 1 aliphatic rings. The highest BCUT2D eigenvalue weighted by Gasteiger charge is 2.29. The summed E-state index contributed by atoms with van der Waals surface area (Å²) in [5.74, 6) is 0. The molecule has 0 unspecified atom stereocenters. The van der Waals surface area contributed by atoms with Crippen molar-refractivity contribution in [2.75, 3.05) is 11.9 Å². The maximum absolute atomic E-state index is 11.2. The van der Waals surface area contributed by atoms with Gasteiger partial charge in [-0.2, -0.15) is 0 Å². The maximum atomic E-state index is 11.2. The third-order valence-electron chi connectivity index (χ3n) is 2.51. The number of hydrogen-bond donors (Lipinski definition) is 2. The Bertz CT molecular complexity index is 577. The molecule has 8 heteroatoms. The first-order chi connectivity index (χ1) is 10.6. The van der Waals surface area contributed by atoms with Gasteiger partial charge in [0.1, 0.15) is 6.61 Å². The van der Waals surface area contributed by atoms with Crippen molar-refractivity contribution in [3.05, 3.63) is 28.2 Å². The molecular weight excluding hydrogens is 343 g/mol. The van der Waals surface area contributed by atoms with E-state index in [0.717, 1.165) is 0 Å². The van der Waals surface area contributed by atoms with Crippen LogP contribution in [0.5, 0.6) is 0 Å². The average Bonchev–Trinajstić information content (AvgIpc) is 2.71. The minimum Gasteiger partial charge on any atom is -0.447 e. The van der Waals surface area contributed by atoms with E-state index in [4.69, 9.17) is 27.9 Å². The van der Waals surface area contributed by atoms with Gasteiger partial charge in [0.15, 0.2) is 0 Å². The van der Waals surface area contributed by atoms with E-state index in [1.165, 1.54) is 0 Å². The summed E-state index contributed by atoms with van der Waals surface area (Å²) in [7, 11) is 0. The van der Waals surface area contributed by atoms with Crippen molar-refractivity contribution >= 4 is 41.1 Å². The van der Waals surface area contributed by atoms with Gasteiger partial charge in [-0.25, -0.2) is 9.59 Å². The molecule has 0 aromatic heterocycles. The van der Waals surface area contributed by atoms with Gasteiger partial charge in [-0.05, 0) is 45.9 Å². The number of nitrogens with one attached hydrogen (secondary N) is 2. The van der Waals surface area contributed by atoms with Gasteiger partial charge in [0, 0.05) is 5.69 Å². The molecule has 1 saturated heterocycles. The number of benzene rings is 1. The van der Waals surface area contributed by atoms with Crippen LogP contribution in [0.25, 0.3) is 0 Å². The van der Waals surface area contributed by atoms with Crippen LogP contribution in [0, 0.1) is 0 Å².